The Morgan fingerprint density at radius 1 is 0.941 bits per heavy atom. The van der Waals surface area contributed by atoms with Crippen molar-refractivity contribution < 1.29 is 14.4 Å². The number of rotatable bonds is 7. The summed E-state index contributed by atoms with van der Waals surface area (Å²) in [5.41, 5.74) is 0.394. The van der Waals surface area contributed by atoms with Crippen LogP contribution in [0.1, 0.15) is 33.6 Å². The van der Waals surface area contributed by atoms with Crippen molar-refractivity contribution in [1.82, 2.24) is 31.5 Å². The largest absolute Gasteiger partial charge is 0.352 e. The molecule has 1 aliphatic rings. The van der Waals surface area contributed by atoms with Gasteiger partial charge < -0.3 is 21.3 Å². The van der Waals surface area contributed by atoms with E-state index in [1.807, 2.05) is 12.1 Å². The summed E-state index contributed by atoms with van der Waals surface area (Å²) >= 11 is 5.85. The molecule has 4 rings (SSSR count). The minimum Gasteiger partial charge on any atom is -0.352 e. The maximum absolute atomic E-state index is 13.2. The molecule has 0 spiro atoms. The van der Waals surface area contributed by atoms with Crippen LogP contribution in [0, 0.1) is 0 Å². The van der Waals surface area contributed by atoms with Crippen LogP contribution >= 0.6 is 11.6 Å². The van der Waals surface area contributed by atoms with Crippen LogP contribution in [0.4, 0.5) is 0 Å². The van der Waals surface area contributed by atoms with Crippen LogP contribution in [-0.4, -0.2) is 59.6 Å². The van der Waals surface area contributed by atoms with Gasteiger partial charge in [-0.05, 0) is 56.3 Å². The van der Waals surface area contributed by atoms with Crippen LogP contribution in [0.25, 0.3) is 10.9 Å². The van der Waals surface area contributed by atoms with Gasteiger partial charge in [-0.15, -0.1) is 0 Å². The van der Waals surface area contributed by atoms with E-state index in [1.54, 1.807) is 36.4 Å². The van der Waals surface area contributed by atoms with Gasteiger partial charge in [0.1, 0.15) is 5.54 Å². The predicted octanol–water partition coefficient (Wildman–Crippen LogP) is 1.68. The van der Waals surface area contributed by atoms with Crippen molar-refractivity contribution in [1.29, 1.82) is 0 Å². The predicted molar refractivity (Wildman–Crippen MR) is 129 cm³/mol. The molecule has 0 saturated carbocycles. The van der Waals surface area contributed by atoms with Gasteiger partial charge in [0.05, 0.1) is 17.3 Å². The third-order valence-electron chi connectivity index (χ3n) is 5.84. The summed E-state index contributed by atoms with van der Waals surface area (Å²) in [5, 5.41) is 21.0. The van der Waals surface area contributed by atoms with Crippen molar-refractivity contribution in [2.24, 2.45) is 0 Å². The molecule has 176 valence electrons. The first-order valence-corrected chi connectivity index (χ1v) is 11.4. The SMILES string of the molecule is O=C(NCCNC(=O)C1(NC(=O)c2cnnc3ccccc23)CCNCC1)c1ccc(Cl)cc1. The minimum atomic E-state index is -1.06. The maximum atomic E-state index is 13.2. The number of carbonyl (C=O) groups is 3. The number of fused-ring (bicyclic) bond motifs is 1. The van der Waals surface area contributed by atoms with E-state index in [4.69, 9.17) is 11.6 Å². The average molecular weight is 481 g/mol. The summed E-state index contributed by atoms with van der Waals surface area (Å²) in [6.07, 6.45) is 2.30. The van der Waals surface area contributed by atoms with Crippen molar-refractivity contribution in [3.8, 4) is 0 Å². The number of hydrogen-bond acceptors (Lipinski definition) is 6. The number of hydrogen-bond donors (Lipinski definition) is 4. The summed E-state index contributed by atoms with van der Waals surface area (Å²) in [4.78, 5) is 38.6. The zero-order valence-electron chi connectivity index (χ0n) is 18.4. The maximum Gasteiger partial charge on any atom is 0.254 e. The number of halogens is 1. The molecule has 2 heterocycles. The monoisotopic (exact) mass is 480 g/mol. The standard InChI is InChI=1S/C24H25ClN6O3/c25-17-7-5-16(6-8-17)21(32)27-13-14-28-23(34)24(9-11-26-12-10-24)30-22(33)19-15-29-31-20-4-2-1-3-18(19)20/h1-8,15,26H,9-14H2,(H,27,32)(H,28,34)(H,30,33). The van der Waals surface area contributed by atoms with Gasteiger partial charge in [0.2, 0.25) is 5.91 Å². The van der Waals surface area contributed by atoms with Crippen molar-refractivity contribution in [2.45, 2.75) is 18.4 Å². The molecular formula is C24H25ClN6O3. The van der Waals surface area contributed by atoms with Crippen LogP contribution in [0.15, 0.2) is 54.7 Å². The van der Waals surface area contributed by atoms with E-state index in [1.165, 1.54) is 6.20 Å². The molecule has 10 heteroatoms. The highest BCUT2D eigenvalue weighted by atomic mass is 35.5. The molecule has 0 radical (unpaired) electrons. The van der Waals surface area contributed by atoms with Gasteiger partial charge >= 0.3 is 0 Å². The second kappa shape index (κ2) is 10.6. The second-order valence-electron chi connectivity index (χ2n) is 8.08. The fourth-order valence-electron chi connectivity index (χ4n) is 3.96. The van der Waals surface area contributed by atoms with E-state index in [-0.39, 0.29) is 30.8 Å². The fourth-order valence-corrected chi connectivity index (χ4v) is 4.09. The lowest BCUT2D eigenvalue weighted by molar-refractivity contribution is -0.128. The van der Waals surface area contributed by atoms with E-state index < -0.39 is 5.54 Å². The molecule has 0 bridgehead atoms. The molecule has 0 atom stereocenters. The van der Waals surface area contributed by atoms with Crippen LogP contribution in [-0.2, 0) is 4.79 Å². The molecule has 1 fully saturated rings. The number of nitrogens with zero attached hydrogens (tertiary/aromatic N) is 2. The second-order valence-corrected chi connectivity index (χ2v) is 8.52. The summed E-state index contributed by atoms with van der Waals surface area (Å²) in [7, 11) is 0. The molecule has 34 heavy (non-hydrogen) atoms. The molecule has 4 N–H and O–H groups in total. The number of aromatic nitrogens is 2. The highest BCUT2D eigenvalue weighted by molar-refractivity contribution is 6.30. The first-order valence-electron chi connectivity index (χ1n) is 11.0. The topological polar surface area (TPSA) is 125 Å². The third kappa shape index (κ3) is 5.32. The van der Waals surface area contributed by atoms with Gasteiger partial charge in [-0.25, -0.2) is 0 Å². The highest BCUT2D eigenvalue weighted by Gasteiger charge is 2.41. The Bertz CT molecular complexity index is 1190. The fraction of sp³-hybridized carbons (Fsp3) is 0.292. The molecule has 1 saturated heterocycles. The van der Waals surface area contributed by atoms with E-state index in [9.17, 15) is 14.4 Å². The smallest absolute Gasteiger partial charge is 0.254 e. The number of piperidine rings is 1. The summed E-state index contributed by atoms with van der Waals surface area (Å²) in [6.45, 7) is 1.66. The van der Waals surface area contributed by atoms with E-state index in [0.717, 1.165) is 0 Å². The lowest BCUT2D eigenvalue weighted by atomic mass is 9.86. The lowest BCUT2D eigenvalue weighted by Gasteiger charge is -2.37. The molecule has 1 aromatic heterocycles. The molecule has 2 aromatic carbocycles. The van der Waals surface area contributed by atoms with Gasteiger partial charge in [-0.2, -0.15) is 10.2 Å². The van der Waals surface area contributed by atoms with E-state index in [2.05, 4.69) is 31.5 Å². The van der Waals surface area contributed by atoms with Crippen molar-refractivity contribution in [3.63, 3.8) is 0 Å². The summed E-state index contributed by atoms with van der Waals surface area (Å²) in [5.74, 6) is -0.915. The van der Waals surface area contributed by atoms with E-state index >= 15 is 0 Å². The van der Waals surface area contributed by atoms with Crippen molar-refractivity contribution >= 4 is 40.2 Å². The summed E-state index contributed by atoms with van der Waals surface area (Å²) in [6, 6.07) is 13.8. The minimum absolute atomic E-state index is 0.225. The first kappa shape index (κ1) is 23.6. The Labute approximate surface area is 201 Å². The summed E-state index contributed by atoms with van der Waals surface area (Å²) < 4.78 is 0. The normalized spacial score (nSPS) is 14.9. The van der Waals surface area contributed by atoms with Crippen LogP contribution in [0.5, 0.6) is 0 Å². The molecular weight excluding hydrogens is 456 g/mol. The Kier molecular flexibility index (Phi) is 7.34. The lowest BCUT2D eigenvalue weighted by Crippen LogP contribution is -2.63. The Morgan fingerprint density at radius 3 is 2.41 bits per heavy atom. The molecule has 9 nitrogen and oxygen atoms in total. The zero-order chi connectivity index (χ0) is 24.0. The Morgan fingerprint density at radius 2 is 1.65 bits per heavy atom. The molecule has 0 unspecified atom stereocenters. The van der Waals surface area contributed by atoms with Crippen molar-refractivity contribution in [3.05, 3.63) is 70.9 Å². The Balaban J connectivity index is 1.39. The number of benzene rings is 2. The number of nitrogens with one attached hydrogen (secondary N) is 4. The van der Waals surface area contributed by atoms with Crippen LogP contribution in [0.3, 0.4) is 0 Å². The third-order valence-corrected chi connectivity index (χ3v) is 6.09. The number of carbonyl (C=O) groups excluding carboxylic acids is 3. The van der Waals surface area contributed by atoms with E-state index in [0.29, 0.717) is 53.0 Å². The van der Waals surface area contributed by atoms with Gasteiger partial charge in [0.15, 0.2) is 0 Å². The highest BCUT2D eigenvalue weighted by Crippen LogP contribution is 2.22. The zero-order valence-corrected chi connectivity index (χ0v) is 19.2. The van der Waals surface area contributed by atoms with Crippen molar-refractivity contribution in [2.75, 3.05) is 26.2 Å². The molecule has 3 aromatic rings. The molecule has 1 aliphatic heterocycles. The van der Waals surface area contributed by atoms with Crippen LogP contribution in [0.2, 0.25) is 5.02 Å². The number of amides is 3. The molecule has 3 amide bonds. The quantitative estimate of drug-likeness (QED) is 0.381. The Hall–Kier alpha value is -3.56. The van der Waals surface area contributed by atoms with Crippen LogP contribution < -0.4 is 21.3 Å². The molecule has 0 aliphatic carbocycles. The van der Waals surface area contributed by atoms with Gasteiger partial charge in [-0.3, -0.25) is 14.4 Å². The average Bonchev–Trinajstić information content (AvgIpc) is 2.87. The van der Waals surface area contributed by atoms with Gasteiger partial charge in [0, 0.05) is 29.1 Å². The first-order chi connectivity index (χ1) is 16.5. The van der Waals surface area contributed by atoms with Gasteiger partial charge in [0.25, 0.3) is 11.8 Å². The van der Waals surface area contributed by atoms with Gasteiger partial charge in [-0.1, -0.05) is 29.8 Å².